The minimum absolute atomic E-state index is 0.0140. The van der Waals surface area contributed by atoms with Crippen molar-refractivity contribution < 1.29 is 22.7 Å². The number of nitrogens with zero attached hydrogens (tertiary/aromatic N) is 4. The predicted molar refractivity (Wildman–Crippen MR) is 84.9 cm³/mol. The molecule has 7 nitrogen and oxygen atoms in total. The Balaban J connectivity index is 1.59. The Hall–Kier alpha value is -3.43. The van der Waals surface area contributed by atoms with Gasteiger partial charge in [0.05, 0.1) is 0 Å². The number of nitrogens with one attached hydrogen (secondary N) is 1. The third-order valence-corrected chi connectivity index (χ3v) is 3.20. The lowest BCUT2D eigenvalue weighted by molar-refractivity contribution is -0.117. The number of halogens is 3. The number of benzene rings is 2. The van der Waals surface area contributed by atoms with Gasteiger partial charge in [0.15, 0.2) is 0 Å². The first-order chi connectivity index (χ1) is 12.5. The van der Waals surface area contributed by atoms with Crippen LogP contribution in [0, 0.1) is 5.82 Å². The number of tetrazole rings is 1. The fraction of sp³-hybridized carbons (Fsp3) is 0.125. The zero-order chi connectivity index (χ0) is 18.5. The van der Waals surface area contributed by atoms with Crippen LogP contribution in [-0.2, 0) is 11.3 Å². The third kappa shape index (κ3) is 4.56. The summed E-state index contributed by atoms with van der Waals surface area (Å²) in [5, 5.41) is 14.2. The molecule has 10 heteroatoms. The average molecular weight is 363 g/mol. The highest BCUT2D eigenvalue weighted by atomic mass is 19.3. The van der Waals surface area contributed by atoms with Crippen LogP contribution in [0.15, 0.2) is 48.5 Å². The lowest BCUT2D eigenvalue weighted by atomic mass is 10.2. The van der Waals surface area contributed by atoms with Crippen LogP contribution in [0.2, 0.25) is 0 Å². The summed E-state index contributed by atoms with van der Waals surface area (Å²) in [6, 6.07) is 11.0. The van der Waals surface area contributed by atoms with Crippen LogP contribution in [0.4, 0.5) is 18.9 Å². The largest absolute Gasteiger partial charge is 0.435 e. The molecule has 2 aromatic carbocycles. The first-order valence-corrected chi connectivity index (χ1v) is 7.38. The van der Waals surface area contributed by atoms with E-state index in [0.717, 1.165) is 4.80 Å². The van der Waals surface area contributed by atoms with Crippen LogP contribution in [0.5, 0.6) is 5.75 Å². The molecule has 0 spiro atoms. The molecule has 26 heavy (non-hydrogen) atoms. The Morgan fingerprint density at radius 1 is 1.12 bits per heavy atom. The highest BCUT2D eigenvalue weighted by Crippen LogP contribution is 2.18. The molecule has 3 aromatic rings. The van der Waals surface area contributed by atoms with Crippen molar-refractivity contribution in [1.29, 1.82) is 0 Å². The molecule has 134 valence electrons. The minimum atomic E-state index is -2.91. The number of anilines is 1. The van der Waals surface area contributed by atoms with Gasteiger partial charge in [-0.2, -0.15) is 13.6 Å². The fourth-order valence-corrected chi connectivity index (χ4v) is 2.07. The summed E-state index contributed by atoms with van der Waals surface area (Å²) in [7, 11) is 0. The van der Waals surface area contributed by atoms with Crippen molar-refractivity contribution in [3.05, 3.63) is 54.3 Å². The van der Waals surface area contributed by atoms with Gasteiger partial charge in [0.2, 0.25) is 11.7 Å². The number of carbonyl (C=O) groups is 1. The summed E-state index contributed by atoms with van der Waals surface area (Å²) in [4.78, 5) is 13.1. The van der Waals surface area contributed by atoms with E-state index in [-0.39, 0.29) is 23.9 Å². The summed E-state index contributed by atoms with van der Waals surface area (Å²) in [6.07, 6.45) is 0. The second kappa shape index (κ2) is 7.64. The van der Waals surface area contributed by atoms with Crippen LogP contribution in [0.1, 0.15) is 0 Å². The van der Waals surface area contributed by atoms with Crippen molar-refractivity contribution in [3.63, 3.8) is 0 Å². The molecule has 0 radical (unpaired) electrons. The van der Waals surface area contributed by atoms with Crippen LogP contribution in [0.3, 0.4) is 0 Å². The fourth-order valence-electron chi connectivity index (χ4n) is 2.07. The molecule has 3 rings (SSSR count). The maximum absolute atomic E-state index is 12.9. The van der Waals surface area contributed by atoms with Crippen LogP contribution in [0.25, 0.3) is 11.4 Å². The van der Waals surface area contributed by atoms with Gasteiger partial charge in [-0.25, -0.2) is 4.39 Å². The van der Waals surface area contributed by atoms with E-state index in [1.165, 1.54) is 48.5 Å². The Morgan fingerprint density at radius 3 is 2.46 bits per heavy atom. The molecule has 1 heterocycles. The molecule has 0 atom stereocenters. The average Bonchev–Trinajstić information content (AvgIpc) is 3.05. The number of hydrogen-bond donors (Lipinski definition) is 1. The number of alkyl halides is 2. The highest BCUT2D eigenvalue weighted by molar-refractivity contribution is 5.90. The molecule has 0 unspecified atom stereocenters. The zero-order valence-corrected chi connectivity index (χ0v) is 13.1. The smallest absolute Gasteiger partial charge is 0.387 e. The molecule has 0 aliphatic rings. The Bertz CT molecular complexity index is 882. The molecule has 0 aliphatic carbocycles. The monoisotopic (exact) mass is 363 g/mol. The van der Waals surface area contributed by atoms with Crippen molar-refractivity contribution in [3.8, 4) is 17.1 Å². The molecule has 0 bridgehead atoms. The number of amides is 1. The summed E-state index contributed by atoms with van der Waals surface area (Å²) < 4.78 is 41.3. The van der Waals surface area contributed by atoms with Gasteiger partial charge in [-0.15, -0.1) is 10.2 Å². The van der Waals surface area contributed by atoms with E-state index in [1.54, 1.807) is 0 Å². The van der Waals surface area contributed by atoms with Gasteiger partial charge in [0, 0.05) is 11.3 Å². The predicted octanol–water partition coefficient (Wildman–Crippen LogP) is 2.72. The standard InChI is InChI=1S/C16H12F3N5O2/c17-11-3-1-10(2-4-11)15-21-23-24(22-15)9-14(25)20-12-5-7-13(8-6-12)26-16(18)19/h1-8,16H,9H2,(H,20,25). The Kier molecular flexibility index (Phi) is 5.11. The van der Waals surface area contributed by atoms with Crippen LogP contribution >= 0.6 is 0 Å². The highest BCUT2D eigenvalue weighted by Gasteiger charge is 2.10. The van der Waals surface area contributed by atoms with Gasteiger partial charge in [-0.05, 0) is 53.7 Å². The number of aromatic nitrogens is 4. The number of carbonyl (C=O) groups excluding carboxylic acids is 1. The molecular formula is C16H12F3N5O2. The summed E-state index contributed by atoms with van der Waals surface area (Å²) in [5.41, 5.74) is 0.961. The third-order valence-electron chi connectivity index (χ3n) is 3.20. The second-order valence-electron chi connectivity index (χ2n) is 5.10. The molecular weight excluding hydrogens is 351 g/mol. The van der Waals surface area contributed by atoms with Gasteiger partial charge < -0.3 is 10.1 Å². The number of rotatable bonds is 6. The van der Waals surface area contributed by atoms with Gasteiger partial charge in [0.25, 0.3) is 0 Å². The second-order valence-corrected chi connectivity index (χ2v) is 5.10. The lowest BCUT2D eigenvalue weighted by Crippen LogP contribution is -2.20. The van der Waals surface area contributed by atoms with Gasteiger partial charge in [-0.3, -0.25) is 4.79 Å². The van der Waals surface area contributed by atoms with Crippen molar-refractivity contribution in [1.82, 2.24) is 20.2 Å². The van der Waals surface area contributed by atoms with E-state index in [4.69, 9.17) is 0 Å². The Labute approximate surface area is 145 Å². The molecule has 1 N–H and O–H groups in total. The van der Waals surface area contributed by atoms with E-state index < -0.39 is 12.5 Å². The van der Waals surface area contributed by atoms with Crippen molar-refractivity contribution >= 4 is 11.6 Å². The molecule has 1 aromatic heterocycles. The van der Waals surface area contributed by atoms with Crippen molar-refractivity contribution in [2.45, 2.75) is 13.2 Å². The molecule has 0 saturated heterocycles. The van der Waals surface area contributed by atoms with Gasteiger partial charge in [0.1, 0.15) is 18.1 Å². The maximum atomic E-state index is 12.9. The zero-order valence-electron chi connectivity index (χ0n) is 13.1. The van der Waals surface area contributed by atoms with E-state index in [1.807, 2.05) is 0 Å². The van der Waals surface area contributed by atoms with E-state index in [2.05, 4.69) is 25.5 Å². The topological polar surface area (TPSA) is 81.9 Å². The van der Waals surface area contributed by atoms with Crippen LogP contribution < -0.4 is 10.1 Å². The molecule has 1 amide bonds. The number of ether oxygens (including phenoxy) is 1. The summed E-state index contributed by atoms with van der Waals surface area (Å²) in [6.45, 7) is -3.12. The quantitative estimate of drug-likeness (QED) is 0.728. The number of hydrogen-bond acceptors (Lipinski definition) is 5. The van der Waals surface area contributed by atoms with Crippen molar-refractivity contribution in [2.75, 3.05) is 5.32 Å². The normalized spacial score (nSPS) is 10.8. The van der Waals surface area contributed by atoms with Crippen LogP contribution in [-0.4, -0.2) is 32.7 Å². The van der Waals surface area contributed by atoms with Crippen molar-refractivity contribution in [2.24, 2.45) is 0 Å². The van der Waals surface area contributed by atoms with Gasteiger partial charge >= 0.3 is 6.61 Å². The molecule has 0 aliphatic heterocycles. The summed E-state index contributed by atoms with van der Waals surface area (Å²) in [5.74, 6) is -0.577. The Morgan fingerprint density at radius 2 is 1.81 bits per heavy atom. The molecule has 0 fully saturated rings. The first kappa shape index (κ1) is 17.4. The van der Waals surface area contributed by atoms with E-state index >= 15 is 0 Å². The summed E-state index contributed by atoms with van der Waals surface area (Å²) >= 11 is 0. The SMILES string of the molecule is O=C(Cn1nnc(-c2ccc(F)cc2)n1)Nc1ccc(OC(F)F)cc1. The maximum Gasteiger partial charge on any atom is 0.387 e. The van der Waals surface area contributed by atoms with Gasteiger partial charge in [-0.1, -0.05) is 0 Å². The minimum Gasteiger partial charge on any atom is -0.435 e. The molecule has 0 saturated carbocycles. The first-order valence-electron chi connectivity index (χ1n) is 7.38. The lowest BCUT2D eigenvalue weighted by Gasteiger charge is -2.07. The van der Waals surface area contributed by atoms with E-state index in [9.17, 15) is 18.0 Å². The van der Waals surface area contributed by atoms with E-state index in [0.29, 0.717) is 11.3 Å².